The molecule has 0 aliphatic carbocycles. The summed E-state index contributed by atoms with van der Waals surface area (Å²) < 4.78 is 41.5. The number of esters is 2. The van der Waals surface area contributed by atoms with Gasteiger partial charge < -0.3 is 9.47 Å². The average molecular weight is 348 g/mol. The Bertz CT molecular complexity index is 852. The van der Waals surface area contributed by atoms with Crippen LogP contribution in [0, 0.1) is 0 Å². The van der Waals surface area contributed by atoms with E-state index in [1.165, 1.54) is 24.3 Å². The second kappa shape index (κ2) is 7.41. The van der Waals surface area contributed by atoms with Gasteiger partial charge in [-0.05, 0) is 18.2 Å². The maximum atomic E-state index is 11.9. The van der Waals surface area contributed by atoms with Gasteiger partial charge in [-0.2, -0.15) is 8.42 Å². The Morgan fingerprint density at radius 1 is 0.957 bits per heavy atom. The molecule has 0 fully saturated rings. The van der Waals surface area contributed by atoms with Crippen LogP contribution >= 0.6 is 0 Å². The van der Waals surface area contributed by atoms with Gasteiger partial charge in [-0.1, -0.05) is 12.1 Å². The molecule has 118 valence electrons. The van der Waals surface area contributed by atoms with Gasteiger partial charge in [0, 0.05) is 10.8 Å². The molecule has 0 heterocycles. The molecule has 0 atom stereocenters. The third-order valence-electron chi connectivity index (χ3n) is 3.09. The van der Waals surface area contributed by atoms with E-state index in [0.717, 1.165) is 20.3 Å². The van der Waals surface area contributed by atoms with Crippen molar-refractivity contribution in [2.24, 2.45) is 0 Å². The number of carbonyl (C=O) groups excluding carboxylic acids is 2. The number of benzene rings is 2. The molecular weight excluding hydrogens is 335 g/mol. The van der Waals surface area contributed by atoms with Crippen molar-refractivity contribution in [3.63, 3.8) is 0 Å². The van der Waals surface area contributed by atoms with E-state index in [1.807, 2.05) is 0 Å². The molecule has 1 N–H and O–H groups in total. The molecule has 0 bridgehead atoms. The van der Waals surface area contributed by atoms with Crippen molar-refractivity contribution >= 4 is 62.4 Å². The Morgan fingerprint density at radius 3 is 1.96 bits per heavy atom. The Labute approximate surface area is 154 Å². The van der Waals surface area contributed by atoms with Gasteiger partial charge in [0.1, 0.15) is 4.90 Å². The Morgan fingerprint density at radius 2 is 1.48 bits per heavy atom. The number of methoxy groups -OCH3 is 2. The first-order chi connectivity index (χ1) is 10.3. The fourth-order valence-electron chi connectivity index (χ4n) is 2.17. The van der Waals surface area contributed by atoms with Crippen LogP contribution in [-0.4, -0.2) is 68.7 Å². The van der Waals surface area contributed by atoms with E-state index in [4.69, 9.17) is 0 Å². The predicted octanol–water partition coefficient (Wildman–Crippen LogP) is 1.01. The van der Waals surface area contributed by atoms with E-state index in [-0.39, 0.29) is 51.5 Å². The molecule has 0 unspecified atom stereocenters. The number of ether oxygens (including phenoxy) is 2. The first kappa shape index (κ1) is 19.6. The van der Waals surface area contributed by atoms with Crippen molar-refractivity contribution < 1.29 is 32.0 Å². The molecule has 0 aliphatic rings. The van der Waals surface area contributed by atoms with Crippen molar-refractivity contribution in [2.45, 2.75) is 4.90 Å². The summed E-state index contributed by atoms with van der Waals surface area (Å²) in [7, 11) is -2.22. The molecule has 23 heavy (non-hydrogen) atoms. The van der Waals surface area contributed by atoms with E-state index in [2.05, 4.69) is 9.47 Å². The fraction of sp³-hybridized carbons (Fsp3) is 0.143. The summed E-state index contributed by atoms with van der Waals surface area (Å²) in [4.78, 5) is 23.3. The average Bonchev–Trinajstić information content (AvgIpc) is 2.50. The minimum atomic E-state index is -4.53. The van der Waals surface area contributed by atoms with Crippen molar-refractivity contribution in [3.05, 3.63) is 41.5 Å². The minimum absolute atomic E-state index is 0. The molecule has 0 spiro atoms. The molecule has 2 aromatic carbocycles. The molecule has 2 aromatic rings. The van der Waals surface area contributed by atoms with Crippen LogP contribution in [0.1, 0.15) is 20.7 Å². The normalized spacial score (nSPS) is 10.7. The van der Waals surface area contributed by atoms with Crippen LogP contribution in [0.3, 0.4) is 0 Å². The SMILES string of the molecule is COC(=O)c1cccc2c(S(=O)(=O)O)ccc(C(=O)OC)c12.[NaH]. The van der Waals surface area contributed by atoms with Gasteiger partial charge in [-0.15, -0.1) is 0 Å². The molecular formula is C14H13NaO7S. The summed E-state index contributed by atoms with van der Waals surface area (Å²) >= 11 is 0. The second-order valence-corrected chi connectivity index (χ2v) is 5.69. The third-order valence-corrected chi connectivity index (χ3v) is 4.00. The van der Waals surface area contributed by atoms with Gasteiger partial charge in [0.25, 0.3) is 10.1 Å². The first-order valence-corrected chi connectivity index (χ1v) is 7.45. The van der Waals surface area contributed by atoms with Crippen LogP contribution < -0.4 is 0 Å². The zero-order valence-electron chi connectivity index (χ0n) is 11.7. The predicted molar refractivity (Wildman–Crippen MR) is 83.6 cm³/mol. The van der Waals surface area contributed by atoms with Crippen LogP contribution in [-0.2, 0) is 19.6 Å². The van der Waals surface area contributed by atoms with Gasteiger partial charge in [-0.3, -0.25) is 4.55 Å². The van der Waals surface area contributed by atoms with E-state index >= 15 is 0 Å². The quantitative estimate of drug-likeness (QED) is 0.501. The van der Waals surface area contributed by atoms with Crippen LogP contribution in [0.4, 0.5) is 0 Å². The molecule has 0 aromatic heterocycles. The van der Waals surface area contributed by atoms with Crippen LogP contribution in [0.25, 0.3) is 10.8 Å². The standard InChI is InChI=1S/C14H12O7S.Na.H/c1-20-13(15)9-5-3-4-8-11(22(17,18)19)7-6-10(12(8)9)14(16)21-2;;/h3-7H,1-2H3,(H,17,18,19);;. The molecule has 0 radical (unpaired) electrons. The van der Waals surface area contributed by atoms with Gasteiger partial charge >= 0.3 is 41.5 Å². The monoisotopic (exact) mass is 348 g/mol. The van der Waals surface area contributed by atoms with E-state index in [0.29, 0.717) is 0 Å². The maximum absolute atomic E-state index is 11.9. The fourth-order valence-corrected chi connectivity index (χ4v) is 2.85. The molecule has 2 rings (SSSR count). The van der Waals surface area contributed by atoms with Crippen molar-refractivity contribution in [1.29, 1.82) is 0 Å². The number of rotatable bonds is 3. The molecule has 0 saturated carbocycles. The summed E-state index contributed by atoms with van der Waals surface area (Å²) in [5.41, 5.74) is -0.0169. The second-order valence-electron chi connectivity index (χ2n) is 4.30. The van der Waals surface area contributed by atoms with Gasteiger partial charge in [0.15, 0.2) is 0 Å². The number of fused-ring (bicyclic) bond motifs is 1. The molecule has 0 amide bonds. The molecule has 7 nitrogen and oxygen atoms in total. The summed E-state index contributed by atoms with van der Waals surface area (Å²) in [6.45, 7) is 0. The van der Waals surface area contributed by atoms with Crippen LogP contribution in [0.5, 0.6) is 0 Å². The summed E-state index contributed by atoms with van der Waals surface area (Å²) in [5.74, 6) is -1.49. The van der Waals surface area contributed by atoms with Crippen LogP contribution in [0.2, 0.25) is 0 Å². The molecule has 0 aliphatic heterocycles. The van der Waals surface area contributed by atoms with E-state index in [1.54, 1.807) is 0 Å². The molecule has 0 saturated heterocycles. The van der Waals surface area contributed by atoms with Crippen LogP contribution in [0.15, 0.2) is 35.2 Å². The Hall–Kier alpha value is -1.45. The Kier molecular flexibility index (Phi) is 6.32. The van der Waals surface area contributed by atoms with Crippen molar-refractivity contribution in [2.75, 3.05) is 14.2 Å². The van der Waals surface area contributed by atoms with Crippen molar-refractivity contribution in [1.82, 2.24) is 0 Å². The first-order valence-electron chi connectivity index (χ1n) is 6.01. The summed E-state index contributed by atoms with van der Waals surface area (Å²) in [6.07, 6.45) is 0. The van der Waals surface area contributed by atoms with Gasteiger partial charge in [-0.25, -0.2) is 9.59 Å². The zero-order chi connectivity index (χ0) is 16.5. The Balaban J connectivity index is 0.00000264. The summed E-state index contributed by atoms with van der Waals surface area (Å²) in [6, 6.07) is 6.42. The number of carbonyl (C=O) groups is 2. The third kappa shape index (κ3) is 3.73. The van der Waals surface area contributed by atoms with E-state index < -0.39 is 27.0 Å². The molecule has 9 heteroatoms. The van der Waals surface area contributed by atoms with Gasteiger partial charge in [0.2, 0.25) is 0 Å². The van der Waals surface area contributed by atoms with E-state index in [9.17, 15) is 22.6 Å². The number of hydrogen-bond donors (Lipinski definition) is 1. The topological polar surface area (TPSA) is 107 Å². The zero-order valence-corrected chi connectivity index (χ0v) is 12.5. The van der Waals surface area contributed by atoms with Gasteiger partial charge in [0.05, 0.1) is 25.3 Å². The summed E-state index contributed by atoms with van der Waals surface area (Å²) in [5, 5.41) is 0.0598. The number of hydrogen-bond acceptors (Lipinski definition) is 6. The van der Waals surface area contributed by atoms with Crippen molar-refractivity contribution in [3.8, 4) is 0 Å².